The van der Waals surface area contributed by atoms with Gasteiger partial charge in [0.05, 0.1) is 0 Å². The second-order valence-electron chi connectivity index (χ2n) is 5.57. The lowest BCUT2D eigenvalue weighted by Gasteiger charge is -2.07. The molecule has 6 heteroatoms. The molecule has 25 heavy (non-hydrogen) atoms. The Labute approximate surface area is 152 Å². The van der Waals surface area contributed by atoms with Crippen LogP contribution in [0.5, 0.6) is 11.5 Å². The van der Waals surface area contributed by atoms with Crippen molar-refractivity contribution in [2.24, 2.45) is 0 Å². The molecular weight excluding hydrogens is 354 g/mol. The second kappa shape index (κ2) is 7.82. The summed E-state index contributed by atoms with van der Waals surface area (Å²) in [7, 11) is -3.41. The molecule has 0 saturated heterocycles. The minimum Gasteiger partial charge on any atom is -0.457 e. The monoisotopic (exact) mass is 373 g/mol. The number of benzene rings is 2. The van der Waals surface area contributed by atoms with Gasteiger partial charge < -0.3 is 4.74 Å². The normalized spacial score (nSPS) is 11.4. The average molecular weight is 373 g/mol. The van der Waals surface area contributed by atoms with E-state index in [2.05, 4.69) is 4.72 Å². The molecule has 0 spiro atoms. The summed E-state index contributed by atoms with van der Waals surface area (Å²) in [5.74, 6) is 1.54. The van der Waals surface area contributed by atoms with Gasteiger partial charge in [0.1, 0.15) is 15.7 Å². The Hall–Kier alpha value is -2.15. The van der Waals surface area contributed by atoms with E-state index in [1.54, 1.807) is 6.07 Å². The molecular formula is C19H19NO3S2. The first-order valence-electron chi connectivity index (χ1n) is 7.91. The zero-order valence-corrected chi connectivity index (χ0v) is 15.4. The number of rotatable bonds is 7. The van der Waals surface area contributed by atoms with E-state index >= 15 is 0 Å². The van der Waals surface area contributed by atoms with Crippen molar-refractivity contribution >= 4 is 21.4 Å². The van der Waals surface area contributed by atoms with Gasteiger partial charge in [-0.2, -0.15) is 0 Å². The summed E-state index contributed by atoms with van der Waals surface area (Å²) >= 11 is 1.28. The Morgan fingerprint density at radius 3 is 2.24 bits per heavy atom. The molecule has 2 aromatic carbocycles. The molecule has 4 nitrogen and oxygen atoms in total. The standard InChI is InChI=1S/C19H19NO3S2/c1-15-7-12-19(24-15)25(21,22)20-14-13-16-8-10-18(11-9-16)23-17-5-3-2-4-6-17/h2-12,20H,13-14H2,1H3. The van der Waals surface area contributed by atoms with Gasteiger partial charge in [0, 0.05) is 11.4 Å². The van der Waals surface area contributed by atoms with Crippen molar-refractivity contribution in [3.8, 4) is 11.5 Å². The maximum Gasteiger partial charge on any atom is 0.250 e. The Balaban J connectivity index is 1.54. The third kappa shape index (κ3) is 4.92. The molecule has 130 valence electrons. The predicted octanol–water partition coefficient (Wildman–Crippen LogP) is 4.37. The molecule has 0 amide bonds. The lowest BCUT2D eigenvalue weighted by molar-refractivity contribution is 0.482. The molecule has 0 atom stereocenters. The van der Waals surface area contributed by atoms with Gasteiger partial charge in [0.25, 0.3) is 0 Å². The topological polar surface area (TPSA) is 55.4 Å². The summed E-state index contributed by atoms with van der Waals surface area (Å²) in [6, 6.07) is 20.7. The van der Waals surface area contributed by atoms with E-state index in [-0.39, 0.29) is 0 Å². The number of nitrogens with one attached hydrogen (secondary N) is 1. The van der Waals surface area contributed by atoms with Gasteiger partial charge in [0.15, 0.2) is 0 Å². The Morgan fingerprint density at radius 2 is 1.60 bits per heavy atom. The third-order valence-corrected chi connectivity index (χ3v) is 6.54. The summed E-state index contributed by atoms with van der Waals surface area (Å²) in [6.07, 6.45) is 0.620. The van der Waals surface area contributed by atoms with E-state index in [9.17, 15) is 8.42 Å². The average Bonchev–Trinajstić information content (AvgIpc) is 3.05. The number of hydrogen-bond donors (Lipinski definition) is 1. The molecule has 0 aliphatic rings. The molecule has 0 aliphatic carbocycles. The molecule has 1 aromatic heterocycles. The molecule has 0 radical (unpaired) electrons. The van der Waals surface area contributed by atoms with E-state index in [1.165, 1.54) is 11.3 Å². The van der Waals surface area contributed by atoms with Crippen LogP contribution in [0, 0.1) is 6.92 Å². The van der Waals surface area contributed by atoms with Crippen LogP contribution >= 0.6 is 11.3 Å². The molecule has 1 heterocycles. The fourth-order valence-corrected chi connectivity index (χ4v) is 4.67. The quantitative estimate of drug-likeness (QED) is 0.669. The first-order valence-corrected chi connectivity index (χ1v) is 10.2. The second-order valence-corrected chi connectivity index (χ2v) is 8.85. The largest absolute Gasteiger partial charge is 0.457 e. The van der Waals surface area contributed by atoms with Crippen LogP contribution in [0.4, 0.5) is 0 Å². The van der Waals surface area contributed by atoms with Gasteiger partial charge in [-0.25, -0.2) is 13.1 Å². The van der Waals surface area contributed by atoms with Crippen LogP contribution in [0.2, 0.25) is 0 Å². The van der Waals surface area contributed by atoms with Crippen LogP contribution in [0.3, 0.4) is 0 Å². The molecule has 3 rings (SSSR count). The molecule has 0 saturated carbocycles. The van der Waals surface area contributed by atoms with Gasteiger partial charge in [-0.05, 0) is 55.3 Å². The Bertz CT molecular complexity index is 917. The Morgan fingerprint density at radius 1 is 0.920 bits per heavy atom. The van der Waals surface area contributed by atoms with Gasteiger partial charge >= 0.3 is 0 Å². The lowest BCUT2D eigenvalue weighted by Crippen LogP contribution is -2.25. The fourth-order valence-electron chi connectivity index (χ4n) is 2.31. The van der Waals surface area contributed by atoms with Crippen LogP contribution in [0.1, 0.15) is 10.4 Å². The van der Waals surface area contributed by atoms with E-state index in [0.717, 1.165) is 21.9 Å². The van der Waals surface area contributed by atoms with E-state index in [1.807, 2.05) is 67.6 Å². The van der Waals surface area contributed by atoms with E-state index in [0.29, 0.717) is 17.2 Å². The maximum absolute atomic E-state index is 12.2. The first-order chi connectivity index (χ1) is 12.0. The zero-order chi connectivity index (χ0) is 17.7. The number of aryl methyl sites for hydroxylation is 1. The van der Waals surface area contributed by atoms with Crippen molar-refractivity contribution in [1.29, 1.82) is 0 Å². The van der Waals surface area contributed by atoms with Crippen molar-refractivity contribution in [3.63, 3.8) is 0 Å². The molecule has 0 unspecified atom stereocenters. The summed E-state index contributed by atoms with van der Waals surface area (Å²) in [4.78, 5) is 0.981. The van der Waals surface area contributed by atoms with E-state index in [4.69, 9.17) is 4.74 Å². The van der Waals surface area contributed by atoms with E-state index < -0.39 is 10.0 Å². The van der Waals surface area contributed by atoms with Crippen molar-refractivity contribution < 1.29 is 13.2 Å². The first kappa shape index (κ1) is 17.7. The van der Waals surface area contributed by atoms with Crippen molar-refractivity contribution in [1.82, 2.24) is 4.72 Å². The van der Waals surface area contributed by atoms with Crippen LogP contribution in [-0.2, 0) is 16.4 Å². The number of thiophene rings is 1. The lowest BCUT2D eigenvalue weighted by atomic mass is 10.1. The number of ether oxygens (including phenoxy) is 1. The molecule has 3 aromatic rings. The van der Waals surface area contributed by atoms with Crippen LogP contribution in [-0.4, -0.2) is 15.0 Å². The van der Waals surface area contributed by atoms with Gasteiger partial charge in [-0.1, -0.05) is 30.3 Å². The summed E-state index contributed by atoms with van der Waals surface area (Å²) in [6.45, 7) is 2.25. The predicted molar refractivity (Wildman–Crippen MR) is 101 cm³/mol. The summed E-state index contributed by atoms with van der Waals surface area (Å²) in [5, 5.41) is 0. The van der Waals surface area contributed by atoms with Crippen LogP contribution in [0.15, 0.2) is 70.9 Å². The van der Waals surface area contributed by atoms with Crippen molar-refractivity contribution in [3.05, 3.63) is 77.2 Å². The highest BCUT2D eigenvalue weighted by atomic mass is 32.2. The molecule has 0 fully saturated rings. The number of sulfonamides is 1. The minimum atomic E-state index is -3.41. The highest BCUT2D eigenvalue weighted by molar-refractivity contribution is 7.91. The van der Waals surface area contributed by atoms with Crippen LogP contribution in [0.25, 0.3) is 0 Å². The van der Waals surface area contributed by atoms with Crippen molar-refractivity contribution in [2.45, 2.75) is 17.6 Å². The summed E-state index contributed by atoms with van der Waals surface area (Å²) in [5.41, 5.74) is 1.05. The highest BCUT2D eigenvalue weighted by Crippen LogP contribution is 2.22. The van der Waals surface area contributed by atoms with Gasteiger partial charge in [0.2, 0.25) is 10.0 Å². The number of hydrogen-bond acceptors (Lipinski definition) is 4. The maximum atomic E-state index is 12.2. The highest BCUT2D eigenvalue weighted by Gasteiger charge is 2.15. The molecule has 0 bridgehead atoms. The smallest absolute Gasteiger partial charge is 0.250 e. The summed E-state index contributed by atoms with van der Waals surface area (Å²) < 4.78 is 33.1. The minimum absolute atomic E-state index is 0.358. The van der Waals surface area contributed by atoms with Crippen LogP contribution < -0.4 is 9.46 Å². The Kier molecular flexibility index (Phi) is 5.53. The van der Waals surface area contributed by atoms with Crippen molar-refractivity contribution in [2.75, 3.05) is 6.54 Å². The zero-order valence-electron chi connectivity index (χ0n) is 13.8. The molecule has 1 N–H and O–H groups in total. The SMILES string of the molecule is Cc1ccc(S(=O)(=O)NCCc2ccc(Oc3ccccc3)cc2)s1. The molecule has 0 aliphatic heterocycles. The van der Waals surface area contributed by atoms with Gasteiger partial charge in [-0.15, -0.1) is 11.3 Å². The third-order valence-electron chi connectivity index (χ3n) is 3.59. The number of para-hydroxylation sites is 1. The fraction of sp³-hybridized carbons (Fsp3) is 0.158. The van der Waals surface area contributed by atoms with Gasteiger partial charge in [-0.3, -0.25) is 0 Å².